The SMILES string of the molecule is CN=C(NCc1nc(C(F)(F)F)cs1)NC(C)c1ccc2ccccc2c1. The number of hydrogen-bond donors (Lipinski definition) is 2. The van der Waals surface area contributed by atoms with Crippen LogP contribution in [-0.4, -0.2) is 18.0 Å². The largest absolute Gasteiger partial charge is 0.434 e. The van der Waals surface area contributed by atoms with Crippen molar-refractivity contribution < 1.29 is 13.2 Å². The molecule has 0 fully saturated rings. The summed E-state index contributed by atoms with van der Waals surface area (Å²) in [5, 5.41) is 9.94. The number of guanidine groups is 1. The number of thiazole rings is 1. The van der Waals surface area contributed by atoms with Gasteiger partial charge in [-0.2, -0.15) is 13.2 Å². The van der Waals surface area contributed by atoms with E-state index in [0.717, 1.165) is 27.7 Å². The van der Waals surface area contributed by atoms with Gasteiger partial charge in [-0.25, -0.2) is 4.98 Å². The van der Waals surface area contributed by atoms with Crippen LogP contribution in [0.4, 0.5) is 13.2 Å². The summed E-state index contributed by atoms with van der Waals surface area (Å²) in [6.07, 6.45) is -4.42. The van der Waals surface area contributed by atoms with Crippen LogP contribution in [0.2, 0.25) is 0 Å². The highest BCUT2D eigenvalue weighted by Gasteiger charge is 2.33. The molecule has 0 aliphatic carbocycles. The van der Waals surface area contributed by atoms with E-state index in [1.54, 1.807) is 7.05 Å². The van der Waals surface area contributed by atoms with Crippen LogP contribution in [0.3, 0.4) is 0 Å². The van der Waals surface area contributed by atoms with Crippen molar-refractivity contribution in [3.8, 4) is 0 Å². The minimum absolute atomic E-state index is 0.0252. The molecule has 0 saturated heterocycles. The molecule has 0 spiro atoms. The third-order valence-electron chi connectivity index (χ3n) is 4.10. The number of fused-ring (bicyclic) bond motifs is 1. The van der Waals surface area contributed by atoms with Crippen molar-refractivity contribution >= 4 is 28.1 Å². The summed E-state index contributed by atoms with van der Waals surface area (Å²) in [6.45, 7) is 2.17. The fraction of sp³-hybridized carbons (Fsp3) is 0.263. The summed E-state index contributed by atoms with van der Waals surface area (Å²) in [4.78, 5) is 7.74. The first kappa shape index (κ1) is 19.2. The lowest BCUT2D eigenvalue weighted by molar-refractivity contribution is -0.140. The van der Waals surface area contributed by atoms with Crippen molar-refractivity contribution in [1.82, 2.24) is 15.6 Å². The Morgan fingerprint density at radius 1 is 1.19 bits per heavy atom. The zero-order chi connectivity index (χ0) is 19.4. The monoisotopic (exact) mass is 392 g/mol. The number of halogens is 3. The topological polar surface area (TPSA) is 49.3 Å². The van der Waals surface area contributed by atoms with E-state index >= 15 is 0 Å². The summed E-state index contributed by atoms with van der Waals surface area (Å²) < 4.78 is 37.9. The second-order valence-corrected chi connectivity index (χ2v) is 6.97. The highest BCUT2D eigenvalue weighted by Crippen LogP contribution is 2.29. The Labute approximate surface area is 159 Å². The third kappa shape index (κ3) is 4.77. The lowest BCUT2D eigenvalue weighted by Gasteiger charge is -2.18. The first-order chi connectivity index (χ1) is 12.9. The van der Waals surface area contributed by atoms with E-state index in [1.165, 1.54) is 5.39 Å². The molecule has 27 heavy (non-hydrogen) atoms. The molecule has 1 aromatic heterocycles. The van der Waals surface area contributed by atoms with Crippen molar-refractivity contribution in [2.24, 2.45) is 4.99 Å². The molecule has 0 aliphatic rings. The second kappa shape index (κ2) is 7.96. The van der Waals surface area contributed by atoms with Crippen LogP contribution in [0.25, 0.3) is 10.8 Å². The Kier molecular flexibility index (Phi) is 5.65. The first-order valence-corrected chi connectivity index (χ1v) is 9.22. The molecule has 0 aliphatic heterocycles. The van der Waals surface area contributed by atoms with Gasteiger partial charge in [-0.1, -0.05) is 36.4 Å². The van der Waals surface area contributed by atoms with Gasteiger partial charge in [0.05, 0.1) is 12.6 Å². The molecule has 0 radical (unpaired) electrons. The summed E-state index contributed by atoms with van der Waals surface area (Å²) in [7, 11) is 1.62. The van der Waals surface area contributed by atoms with Crippen molar-refractivity contribution in [1.29, 1.82) is 0 Å². The van der Waals surface area contributed by atoms with Gasteiger partial charge >= 0.3 is 6.18 Å². The number of aliphatic imine (C=N–C) groups is 1. The molecule has 0 saturated carbocycles. The van der Waals surface area contributed by atoms with Crippen LogP contribution in [-0.2, 0) is 12.7 Å². The Bertz CT molecular complexity index is 949. The molecule has 142 valence electrons. The Hall–Kier alpha value is -2.61. The molecule has 1 heterocycles. The van der Waals surface area contributed by atoms with Crippen LogP contribution in [0.15, 0.2) is 52.8 Å². The molecule has 2 aromatic carbocycles. The first-order valence-electron chi connectivity index (χ1n) is 8.34. The normalized spacial score (nSPS) is 13.6. The molecule has 0 amide bonds. The number of hydrogen-bond acceptors (Lipinski definition) is 3. The van der Waals surface area contributed by atoms with Crippen LogP contribution >= 0.6 is 11.3 Å². The Balaban J connectivity index is 1.63. The zero-order valence-corrected chi connectivity index (χ0v) is 15.7. The standard InChI is InChI=1S/C19H19F3N4S/c1-12(14-8-7-13-5-3-4-6-15(13)9-14)25-18(23-2)24-10-17-26-16(11-27-17)19(20,21)22/h3-9,11-12H,10H2,1-2H3,(H2,23,24,25). The van der Waals surface area contributed by atoms with Gasteiger partial charge < -0.3 is 10.6 Å². The van der Waals surface area contributed by atoms with Gasteiger partial charge in [-0.3, -0.25) is 4.99 Å². The smallest absolute Gasteiger partial charge is 0.350 e. The predicted molar refractivity (Wildman–Crippen MR) is 103 cm³/mol. The van der Waals surface area contributed by atoms with Crippen molar-refractivity contribution in [3.05, 3.63) is 64.1 Å². The molecule has 2 N–H and O–H groups in total. The van der Waals surface area contributed by atoms with E-state index in [9.17, 15) is 13.2 Å². The molecule has 0 bridgehead atoms. The lowest BCUT2D eigenvalue weighted by Crippen LogP contribution is -2.38. The van der Waals surface area contributed by atoms with Gasteiger partial charge in [0.15, 0.2) is 11.7 Å². The molecule has 3 rings (SSSR count). The van der Waals surface area contributed by atoms with Crippen molar-refractivity contribution in [2.75, 3.05) is 7.05 Å². The van der Waals surface area contributed by atoms with Crippen LogP contribution in [0.5, 0.6) is 0 Å². The molecule has 1 atom stereocenters. The highest BCUT2D eigenvalue weighted by molar-refractivity contribution is 7.09. The average molecular weight is 392 g/mol. The van der Waals surface area contributed by atoms with E-state index in [1.807, 2.05) is 25.1 Å². The van der Waals surface area contributed by atoms with Gasteiger partial charge in [-0.05, 0) is 29.3 Å². The quantitative estimate of drug-likeness (QED) is 0.498. The van der Waals surface area contributed by atoms with Gasteiger partial charge in [0.25, 0.3) is 0 Å². The summed E-state index contributed by atoms with van der Waals surface area (Å²) >= 11 is 0.969. The van der Waals surface area contributed by atoms with Crippen LogP contribution in [0, 0.1) is 0 Å². The highest BCUT2D eigenvalue weighted by atomic mass is 32.1. The second-order valence-electron chi connectivity index (χ2n) is 6.02. The van der Waals surface area contributed by atoms with Crippen molar-refractivity contribution in [3.63, 3.8) is 0 Å². The number of rotatable bonds is 4. The van der Waals surface area contributed by atoms with Gasteiger partial charge in [-0.15, -0.1) is 11.3 Å². The minimum Gasteiger partial charge on any atom is -0.350 e. The Morgan fingerprint density at radius 3 is 2.59 bits per heavy atom. The maximum atomic E-state index is 12.6. The molecule has 1 unspecified atom stereocenters. The fourth-order valence-corrected chi connectivity index (χ4v) is 3.38. The Morgan fingerprint density at radius 2 is 1.93 bits per heavy atom. The number of nitrogens with zero attached hydrogens (tertiary/aromatic N) is 2. The summed E-state index contributed by atoms with van der Waals surface area (Å²) in [5.74, 6) is 0.499. The fourth-order valence-electron chi connectivity index (χ4n) is 2.64. The maximum absolute atomic E-state index is 12.6. The van der Waals surface area contributed by atoms with Crippen molar-refractivity contribution in [2.45, 2.75) is 25.7 Å². The number of aromatic nitrogens is 1. The lowest BCUT2D eigenvalue weighted by atomic mass is 10.0. The number of nitrogens with one attached hydrogen (secondary N) is 2. The minimum atomic E-state index is -4.42. The van der Waals surface area contributed by atoms with E-state index in [-0.39, 0.29) is 12.6 Å². The predicted octanol–water partition coefficient (Wildman–Crippen LogP) is 4.74. The van der Waals surface area contributed by atoms with Crippen LogP contribution < -0.4 is 10.6 Å². The number of alkyl halides is 3. The molecule has 3 aromatic rings. The number of benzene rings is 2. The molecular weight excluding hydrogens is 373 g/mol. The van der Waals surface area contributed by atoms with Gasteiger partial charge in [0.2, 0.25) is 0 Å². The average Bonchev–Trinajstić information content (AvgIpc) is 3.14. The van der Waals surface area contributed by atoms with E-state index in [2.05, 4.69) is 44.9 Å². The third-order valence-corrected chi connectivity index (χ3v) is 4.95. The van der Waals surface area contributed by atoms with E-state index in [0.29, 0.717) is 11.0 Å². The van der Waals surface area contributed by atoms with E-state index in [4.69, 9.17) is 0 Å². The maximum Gasteiger partial charge on any atom is 0.434 e. The van der Waals surface area contributed by atoms with Crippen LogP contribution in [0.1, 0.15) is 29.2 Å². The van der Waals surface area contributed by atoms with Gasteiger partial charge in [0.1, 0.15) is 5.01 Å². The summed E-state index contributed by atoms with van der Waals surface area (Å²) in [5.41, 5.74) is 0.224. The molecule has 8 heteroatoms. The molecular formula is C19H19F3N4S. The molecule has 4 nitrogen and oxygen atoms in total. The van der Waals surface area contributed by atoms with E-state index < -0.39 is 11.9 Å². The zero-order valence-electron chi connectivity index (χ0n) is 14.8. The van der Waals surface area contributed by atoms with Gasteiger partial charge in [0, 0.05) is 12.4 Å². The summed E-state index contributed by atoms with van der Waals surface area (Å²) in [6, 6.07) is 14.3.